The standard InChI is InChI=1S/C16H24BrClO/c1-11(10-16(2,3)4)8-15(18)13-7-6-12(19-5)9-14(13)17/h6-7,9,11,15H,8,10H2,1-5H3. The molecular formula is C16H24BrClO. The molecule has 0 fully saturated rings. The van der Waals surface area contributed by atoms with Crippen molar-refractivity contribution >= 4 is 27.5 Å². The maximum absolute atomic E-state index is 6.56. The Morgan fingerprint density at radius 1 is 1.32 bits per heavy atom. The largest absolute Gasteiger partial charge is 0.497 e. The van der Waals surface area contributed by atoms with Crippen molar-refractivity contribution in [2.24, 2.45) is 11.3 Å². The van der Waals surface area contributed by atoms with Gasteiger partial charge in [-0.2, -0.15) is 0 Å². The van der Waals surface area contributed by atoms with Gasteiger partial charge in [0.2, 0.25) is 0 Å². The van der Waals surface area contributed by atoms with Crippen LogP contribution < -0.4 is 4.74 Å². The lowest BCUT2D eigenvalue weighted by Gasteiger charge is -2.25. The smallest absolute Gasteiger partial charge is 0.120 e. The average Bonchev–Trinajstić information content (AvgIpc) is 2.25. The third-order valence-electron chi connectivity index (χ3n) is 3.12. The van der Waals surface area contributed by atoms with E-state index in [1.54, 1.807) is 7.11 Å². The fourth-order valence-electron chi connectivity index (χ4n) is 2.50. The summed E-state index contributed by atoms with van der Waals surface area (Å²) in [6.07, 6.45) is 2.17. The molecule has 0 aliphatic carbocycles. The fraction of sp³-hybridized carbons (Fsp3) is 0.625. The molecule has 2 unspecified atom stereocenters. The van der Waals surface area contributed by atoms with E-state index in [-0.39, 0.29) is 5.38 Å². The van der Waals surface area contributed by atoms with Gasteiger partial charge >= 0.3 is 0 Å². The minimum atomic E-state index is 0.0395. The number of hydrogen-bond acceptors (Lipinski definition) is 1. The highest BCUT2D eigenvalue weighted by atomic mass is 79.9. The first-order valence-electron chi connectivity index (χ1n) is 6.70. The summed E-state index contributed by atoms with van der Waals surface area (Å²) in [5, 5.41) is 0.0395. The van der Waals surface area contributed by atoms with Gasteiger partial charge in [0.25, 0.3) is 0 Å². The van der Waals surface area contributed by atoms with Crippen molar-refractivity contribution in [2.75, 3.05) is 7.11 Å². The second kappa shape index (κ2) is 6.99. The average molecular weight is 348 g/mol. The van der Waals surface area contributed by atoms with Crippen LogP contribution >= 0.6 is 27.5 Å². The normalized spacial score (nSPS) is 15.1. The van der Waals surface area contributed by atoms with Crippen LogP contribution in [0.2, 0.25) is 0 Å². The van der Waals surface area contributed by atoms with Crippen LogP contribution in [0.1, 0.15) is 51.5 Å². The van der Waals surface area contributed by atoms with E-state index in [1.165, 1.54) is 6.42 Å². The minimum absolute atomic E-state index is 0.0395. The zero-order chi connectivity index (χ0) is 14.6. The van der Waals surface area contributed by atoms with E-state index in [0.717, 1.165) is 22.2 Å². The zero-order valence-corrected chi connectivity index (χ0v) is 14.8. The van der Waals surface area contributed by atoms with Crippen LogP contribution in [0.5, 0.6) is 5.75 Å². The van der Waals surface area contributed by atoms with E-state index in [2.05, 4.69) is 43.6 Å². The van der Waals surface area contributed by atoms with Crippen molar-refractivity contribution in [3.8, 4) is 5.75 Å². The van der Waals surface area contributed by atoms with Gasteiger partial charge in [0, 0.05) is 4.47 Å². The number of benzene rings is 1. The SMILES string of the molecule is COc1ccc(C(Cl)CC(C)CC(C)(C)C)c(Br)c1. The molecule has 0 radical (unpaired) electrons. The van der Waals surface area contributed by atoms with Crippen LogP contribution in [0.15, 0.2) is 22.7 Å². The van der Waals surface area contributed by atoms with E-state index < -0.39 is 0 Å². The summed E-state index contributed by atoms with van der Waals surface area (Å²) in [6.45, 7) is 9.10. The van der Waals surface area contributed by atoms with E-state index in [9.17, 15) is 0 Å². The molecule has 3 heteroatoms. The molecule has 0 saturated carbocycles. The first kappa shape index (κ1) is 16.8. The van der Waals surface area contributed by atoms with Gasteiger partial charge in [-0.15, -0.1) is 11.6 Å². The Labute approximate surface area is 130 Å². The Bertz CT molecular complexity index is 412. The van der Waals surface area contributed by atoms with Crippen molar-refractivity contribution in [1.29, 1.82) is 0 Å². The summed E-state index contributed by atoms with van der Waals surface area (Å²) in [5.74, 6) is 1.46. The quantitative estimate of drug-likeness (QED) is 0.576. The molecule has 1 aromatic rings. The molecule has 1 rings (SSSR count). The highest BCUT2D eigenvalue weighted by Crippen LogP contribution is 2.37. The molecule has 0 heterocycles. The predicted octanol–water partition coefficient (Wildman–Crippen LogP) is 6.20. The molecule has 19 heavy (non-hydrogen) atoms. The molecule has 0 bridgehead atoms. The highest BCUT2D eigenvalue weighted by molar-refractivity contribution is 9.10. The number of alkyl halides is 1. The number of hydrogen-bond donors (Lipinski definition) is 0. The van der Waals surface area contributed by atoms with Crippen molar-refractivity contribution in [1.82, 2.24) is 0 Å². The second-order valence-corrected chi connectivity index (χ2v) is 7.84. The van der Waals surface area contributed by atoms with E-state index in [4.69, 9.17) is 16.3 Å². The lowest BCUT2D eigenvalue weighted by atomic mass is 9.83. The molecule has 0 aliphatic heterocycles. The van der Waals surface area contributed by atoms with E-state index in [0.29, 0.717) is 11.3 Å². The van der Waals surface area contributed by atoms with Crippen LogP contribution in [0.25, 0.3) is 0 Å². The molecule has 0 aliphatic rings. The van der Waals surface area contributed by atoms with Crippen LogP contribution in [0.3, 0.4) is 0 Å². The molecule has 0 saturated heterocycles. The Kier molecular flexibility index (Phi) is 6.19. The monoisotopic (exact) mass is 346 g/mol. The van der Waals surface area contributed by atoms with Crippen molar-refractivity contribution in [3.05, 3.63) is 28.2 Å². The molecule has 1 nitrogen and oxygen atoms in total. The number of rotatable bonds is 5. The summed E-state index contributed by atoms with van der Waals surface area (Å²) in [4.78, 5) is 0. The number of ether oxygens (including phenoxy) is 1. The fourth-order valence-corrected chi connectivity index (χ4v) is 3.76. The number of halogens is 2. The molecule has 0 amide bonds. The third kappa shape index (κ3) is 5.74. The molecule has 1 aromatic carbocycles. The van der Waals surface area contributed by atoms with Crippen LogP contribution in [0, 0.1) is 11.3 Å². The summed E-state index contributed by atoms with van der Waals surface area (Å²) in [6, 6.07) is 5.98. The van der Waals surface area contributed by atoms with Gasteiger partial charge in [0.05, 0.1) is 12.5 Å². The molecule has 2 atom stereocenters. The number of methoxy groups -OCH3 is 1. The van der Waals surface area contributed by atoms with E-state index >= 15 is 0 Å². The summed E-state index contributed by atoms with van der Waals surface area (Å²) < 4.78 is 6.23. The summed E-state index contributed by atoms with van der Waals surface area (Å²) in [7, 11) is 1.67. The first-order valence-corrected chi connectivity index (χ1v) is 7.93. The summed E-state index contributed by atoms with van der Waals surface area (Å²) >= 11 is 10.1. The minimum Gasteiger partial charge on any atom is -0.497 e. The predicted molar refractivity (Wildman–Crippen MR) is 87.1 cm³/mol. The van der Waals surface area contributed by atoms with Gasteiger partial charge in [0.1, 0.15) is 5.75 Å². The maximum Gasteiger partial charge on any atom is 0.120 e. The van der Waals surface area contributed by atoms with Crippen LogP contribution in [0.4, 0.5) is 0 Å². The second-order valence-electron chi connectivity index (χ2n) is 6.46. The summed E-state index contributed by atoms with van der Waals surface area (Å²) in [5.41, 5.74) is 1.50. The van der Waals surface area contributed by atoms with Gasteiger partial charge in [-0.25, -0.2) is 0 Å². The van der Waals surface area contributed by atoms with Crippen LogP contribution in [-0.2, 0) is 0 Å². The molecular weight excluding hydrogens is 324 g/mol. The van der Waals surface area contributed by atoms with Crippen molar-refractivity contribution in [3.63, 3.8) is 0 Å². The van der Waals surface area contributed by atoms with Gasteiger partial charge in [0.15, 0.2) is 0 Å². The van der Waals surface area contributed by atoms with E-state index in [1.807, 2.05) is 18.2 Å². The van der Waals surface area contributed by atoms with Crippen molar-refractivity contribution < 1.29 is 4.74 Å². The lowest BCUT2D eigenvalue weighted by Crippen LogP contribution is -2.12. The topological polar surface area (TPSA) is 9.23 Å². The Balaban J connectivity index is 2.70. The Morgan fingerprint density at radius 2 is 1.95 bits per heavy atom. The molecule has 0 N–H and O–H groups in total. The van der Waals surface area contributed by atoms with Crippen molar-refractivity contribution in [2.45, 2.75) is 45.9 Å². The first-order chi connectivity index (χ1) is 8.73. The highest BCUT2D eigenvalue weighted by Gasteiger charge is 2.20. The van der Waals surface area contributed by atoms with Crippen LogP contribution in [-0.4, -0.2) is 7.11 Å². The van der Waals surface area contributed by atoms with Gasteiger partial charge < -0.3 is 4.74 Å². The lowest BCUT2D eigenvalue weighted by molar-refractivity contribution is 0.295. The van der Waals surface area contributed by atoms with Gasteiger partial charge in [-0.3, -0.25) is 0 Å². The Morgan fingerprint density at radius 3 is 2.42 bits per heavy atom. The Hall–Kier alpha value is -0.210. The molecule has 108 valence electrons. The maximum atomic E-state index is 6.56. The molecule has 0 aromatic heterocycles. The third-order valence-corrected chi connectivity index (χ3v) is 4.22. The molecule has 0 spiro atoms. The van der Waals surface area contributed by atoms with Gasteiger partial charge in [-0.05, 0) is 41.9 Å². The zero-order valence-electron chi connectivity index (χ0n) is 12.5. The van der Waals surface area contributed by atoms with Gasteiger partial charge in [-0.1, -0.05) is 49.7 Å².